The van der Waals surface area contributed by atoms with Gasteiger partial charge >= 0.3 is 0 Å². The molecular weight excluding hydrogens is 494 g/mol. The van der Waals surface area contributed by atoms with Gasteiger partial charge in [-0.25, -0.2) is 0 Å². The minimum Gasteiger partial charge on any atom is -0.366 e. The summed E-state index contributed by atoms with van der Waals surface area (Å²) in [6.45, 7) is 0.948. The van der Waals surface area contributed by atoms with E-state index in [-0.39, 0.29) is 29.5 Å². The number of unbranched alkanes of at least 4 members (excludes halogenated alkanes) is 1. The van der Waals surface area contributed by atoms with Crippen molar-refractivity contribution >= 4 is 40.1 Å². The second kappa shape index (κ2) is 13.0. The molecule has 0 bridgehead atoms. The summed E-state index contributed by atoms with van der Waals surface area (Å²) in [5, 5.41) is 7.67. The molecule has 0 aliphatic carbocycles. The number of anilines is 1. The first-order chi connectivity index (χ1) is 18.9. The smallest absolute Gasteiger partial charge is 0.250 e. The highest BCUT2D eigenvalue weighted by Crippen LogP contribution is 2.23. The lowest BCUT2D eigenvalue weighted by Crippen LogP contribution is -2.52. The van der Waals surface area contributed by atoms with E-state index in [0.29, 0.717) is 45.2 Å². The first-order valence-electron chi connectivity index (χ1n) is 13.3. The van der Waals surface area contributed by atoms with Crippen molar-refractivity contribution < 1.29 is 19.2 Å². The number of amides is 4. The zero-order valence-electron chi connectivity index (χ0n) is 21.9. The van der Waals surface area contributed by atoms with Gasteiger partial charge in [0, 0.05) is 6.54 Å². The molecule has 1 unspecified atom stereocenters. The molecule has 1 saturated heterocycles. The van der Waals surface area contributed by atoms with Crippen molar-refractivity contribution in [3.8, 4) is 0 Å². The van der Waals surface area contributed by atoms with E-state index in [0.717, 1.165) is 16.3 Å². The van der Waals surface area contributed by atoms with E-state index >= 15 is 0 Å². The molecular formula is C30H35N5O4. The minimum absolute atomic E-state index is 0.122. The van der Waals surface area contributed by atoms with Gasteiger partial charge in [-0.15, -0.1) is 0 Å². The summed E-state index contributed by atoms with van der Waals surface area (Å²) in [5.74, 6) is -1.61. The molecule has 0 spiro atoms. The molecule has 9 nitrogen and oxygen atoms in total. The van der Waals surface area contributed by atoms with Gasteiger partial charge in [-0.3, -0.25) is 19.2 Å². The molecule has 1 heterocycles. The van der Waals surface area contributed by atoms with Crippen molar-refractivity contribution in [1.29, 1.82) is 0 Å². The zero-order valence-corrected chi connectivity index (χ0v) is 21.9. The molecule has 204 valence electrons. The number of nitrogens with two attached hydrogens (primary N) is 2. The molecule has 2 atom stereocenters. The standard InChI is InChI=1S/C30H35N5O4/c31-17-6-5-15-25(29(38)33-24-14-4-3-13-23(24)28(32)37)34-30(39)26-16-8-18-35(26)27(36)19-21-11-7-10-20-9-1-2-12-22(20)21/h1-4,7,9-14,25-26H,5-6,8,15-19,31H2,(H2,32,37)(H,33,38)(H,34,39)/t25-,26?/m0/s1. The van der Waals surface area contributed by atoms with Crippen LogP contribution in [0, 0.1) is 0 Å². The number of nitrogens with zero attached hydrogens (tertiary/aromatic N) is 1. The maximum absolute atomic E-state index is 13.4. The van der Waals surface area contributed by atoms with Gasteiger partial charge in [0.15, 0.2) is 0 Å². The molecule has 3 aromatic carbocycles. The van der Waals surface area contributed by atoms with Crippen molar-refractivity contribution in [2.75, 3.05) is 18.4 Å². The number of carbonyl (C=O) groups excluding carboxylic acids is 4. The Morgan fingerprint density at radius 2 is 1.69 bits per heavy atom. The van der Waals surface area contributed by atoms with Crippen LogP contribution in [-0.2, 0) is 20.8 Å². The average Bonchev–Trinajstić information content (AvgIpc) is 3.43. The number of para-hydroxylation sites is 1. The van der Waals surface area contributed by atoms with Gasteiger partial charge in [0.2, 0.25) is 17.7 Å². The van der Waals surface area contributed by atoms with Crippen LogP contribution in [0.2, 0.25) is 0 Å². The molecule has 3 aromatic rings. The number of nitrogens with one attached hydrogen (secondary N) is 2. The van der Waals surface area contributed by atoms with E-state index in [4.69, 9.17) is 11.5 Å². The normalized spacial score (nSPS) is 15.6. The second-order valence-corrected chi connectivity index (χ2v) is 9.80. The summed E-state index contributed by atoms with van der Waals surface area (Å²) in [6.07, 6.45) is 3.10. The van der Waals surface area contributed by atoms with Gasteiger partial charge in [-0.2, -0.15) is 0 Å². The van der Waals surface area contributed by atoms with E-state index < -0.39 is 23.9 Å². The van der Waals surface area contributed by atoms with Crippen LogP contribution in [0.5, 0.6) is 0 Å². The molecule has 1 aliphatic heterocycles. The Balaban J connectivity index is 1.46. The lowest BCUT2D eigenvalue weighted by molar-refractivity contribution is -0.138. The fourth-order valence-corrected chi connectivity index (χ4v) is 5.11. The summed E-state index contributed by atoms with van der Waals surface area (Å²) >= 11 is 0. The van der Waals surface area contributed by atoms with Crippen molar-refractivity contribution in [2.45, 2.75) is 50.6 Å². The van der Waals surface area contributed by atoms with Gasteiger partial charge in [-0.1, -0.05) is 54.6 Å². The van der Waals surface area contributed by atoms with E-state index in [9.17, 15) is 19.2 Å². The fraction of sp³-hybridized carbons (Fsp3) is 0.333. The monoisotopic (exact) mass is 529 g/mol. The van der Waals surface area contributed by atoms with Crippen LogP contribution in [0.25, 0.3) is 10.8 Å². The summed E-state index contributed by atoms with van der Waals surface area (Å²) < 4.78 is 0. The van der Waals surface area contributed by atoms with Crippen LogP contribution < -0.4 is 22.1 Å². The van der Waals surface area contributed by atoms with Crippen LogP contribution in [0.4, 0.5) is 5.69 Å². The lowest BCUT2D eigenvalue weighted by Gasteiger charge is -2.27. The molecule has 39 heavy (non-hydrogen) atoms. The molecule has 1 fully saturated rings. The largest absolute Gasteiger partial charge is 0.366 e. The first-order valence-corrected chi connectivity index (χ1v) is 13.3. The highest BCUT2D eigenvalue weighted by molar-refractivity contribution is 6.05. The maximum Gasteiger partial charge on any atom is 0.250 e. The second-order valence-electron chi connectivity index (χ2n) is 9.80. The highest BCUT2D eigenvalue weighted by atomic mass is 16.2. The number of benzene rings is 3. The molecule has 0 aromatic heterocycles. The van der Waals surface area contributed by atoms with Gasteiger partial charge in [0.25, 0.3) is 5.91 Å². The van der Waals surface area contributed by atoms with Crippen molar-refractivity contribution in [2.24, 2.45) is 11.5 Å². The summed E-state index contributed by atoms with van der Waals surface area (Å²) in [5.41, 5.74) is 12.5. The molecule has 0 radical (unpaired) electrons. The van der Waals surface area contributed by atoms with Crippen molar-refractivity contribution in [3.05, 3.63) is 77.9 Å². The summed E-state index contributed by atoms with van der Waals surface area (Å²) in [6, 6.07) is 18.7. The van der Waals surface area contributed by atoms with Gasteiger partial charge in [-0.05, 0) is 67.1 Å². The number of fused-ring (bicyclic) bond motifs is 1. The number of hydrogen-bond donors (Lipinski definition) is 4. The Hall–Kier alpha value is -4.24. The van der Waals surface area contributed by atoms with Crippen LogP contribution in [0.1, 0.15) is 48.0 Å². The number of hydrogen-bond acceptors (Lipinski definition) is 5. The minimum atomic E-state index is -0.861. The van der Waals surface area contributed by atoms with Gasteiger partial charge in [0.05, 0.1) is 17.7 Å². The van der Waals surface area contributed by atoms with E-state index in [1.54, 1.807) is 23.1 Å². The topological polar surface area (TPSA) is 148 Å². The number of carbonyl (C=O) groups is 4. The number of primary amides is 1. The predicted octanol–water partition coefficient (Wildman–Crippen LogP) is 2.72. The van der Waals surface area contributed by atoms with Crippen LogP contribution in [-0.4, -0.2) is 53.7 Å². The molecule has 1 aliphatic rings. The van der Waals surface area contributed by atoms with E-state index in [1.807, 2.05) is 42.5 Å². The summed E-state index contributed by atoms with van der Waals surface area (Å²) in [7, 11) is 0. The quantitative estimate of drug-likeness (QED) is 0.282. The predicted molar refractivity (Wildman–Crippen MR) is 151 cm³/mol. The maximum atomic E-state index is 13.4. The zero-order chi connectivity index (χ0) is 27.8. The SMILES string of the molecule is NCCCC[C@H](NC(=O)C1CCCN1C(=O)Cc1cccc2ccccc12)C(=O)Nc1ccccc1C(N)=O. The third-order valence-electron chi connectivity index (χ3n) is 7.13. The Labute approximate surface area is 227 Å². The van der Waals surface area contributed by atoms with E-state index in [2.05, 4.69) is 10.6 Å². The van der Waals surface area contributed by atoms with Crippen molar-refractivity contribution in [3.63, 3.8) is 0 Å². The Morgan fingerprint density at radius 1 is 0.949 bits per heavy atom. The lowest BCUT2D eigenvalue weighted by atomic mass is 10.0. The Morgan fingerprint density at radius 3 is 2.49 bits per heavy atom. The van der Waals surface area contributed by atoms with Gasteiger partial charge < -0.3 is 27.0 Å². The van der Waals surface area contributed by atoms with Crippen molar-refractivity contribution in [1.82, 2.24) is 10.2 Å². The molecule has 6 N–H and O–H groups in total. The van der Waals surface area contributed by atoms with Crippen LogP contribution >= 0.6 is 0 Å². The number of likely N-dealkylation sites (tertiary alicyclic amines) is 1. The Kier molecular flexibility index (Phi) is 9.27. The summed E-state index contributed by atoms with van der Waals surface area (Å²) in [4.78, 5) is 53.4. The number of rotatable bonds is 11. The van der Waals surface area contributed by atoms with Gasteiger partial charge in [0.1, 0.15) is 12.1 Å². The highest BCUT2D eigenvalue weighted by Gasteiger charge is 2.36. The third-order valence-corrected chi connectivity index (χ3v) is 7.13. The fourth-order valence-electron chi connectivity index (χ4n) is 5.11. The molecule has 9 heteroatoms. The van der Waals surface area contributed by atoms with E-state index in [1.165, 1.54) is 6.07 Å². The van der Waals surface area contributed by atoms with Crippen LogP contribution in [0.15, 0.2) is 66.7 Å². The van der Waals surface area contributed by atoms with Crippen LogP contribution in [0.3, 0.4) is 0 Å². The third kappa shape index (κ3) is 6.80. The average molecular weight is 530 g/mol. The molecule has 0 saturated carbocycles. The molecule has 4 rings (SSSR count). The Bertz CT molecular complexity index is 1350. The molecule has 4 amide bonds. The first kappa shape index (κ1) is 27.8.